The molecule has 1 heterocycles. The topological polar surface area (TPSA) is 175 Å². The van der Waals surface area contributed by atoms with E-state index in [2.05, 4.69) is 17.1 Å². The maximum absolute atomic E-state index is 10.1. The maximum atomic E-state index is 10.1. The van der Waals surface area contributed by atoms with Gasteiger partial charge >= 0.3 is 29.6 Å². The fourth-order valence-corrected chi connectivity index (χ4v) is 1.03. The minimum Gasteiger partial charge on any atom is -0.398 e. The standard InChI is InChI=1S/C9H7N.4BFH2O2/c1-2-4-9-7-10-6-5-8(9)3-1;4*2-1(3)4/h1-7H;4*3-4H. The Morgan fingerprint density at radius 3 is 1.19 bits per heavy atom. The van der Waals surface area contributed by atoms with Crippen LogP contribution in [0.25, 0.3) is 10.8 Å². The number of pyridine rings is 1. The molecule has 26 heavy (non-hydrogen) atoms. The summed E-state index contributed by atoms with van der Waals surface area (Å²) in [6, 6.07) is 10.2. The van der Waals surface area contributed by atoms with Gasteiger partial charge < -0.3 is 40.2 Å². The average molecular weight is 384 g/mol. The van der Waals surface area contributed by atoms with Crippen LogP contribution in [0.2, 0.25) is 0 Å². The third kappa shape index (κ3) is 38.1. The molecule has 1 aromatic carbocycles. The Kier molecular flexibility index (Phi) is 21.9. The van der Waals surface area contributed by atoms with Crippen LogP contribution in [0.1, 0.15) is 0 Å². The van der Waals surface area contributed by atoms with E-state index in [0.717, 1.165) is 0 Å². The van der Waals surface area contributed by atoms with Crippen LogP contribution >= 0.6 is 0 Å². The molecule has 0 saturated carbocycles. The van der Waals surface area contributed by atoms with Crippen molar-refractivity contribution in [2.24, 2.45) is 0 Å². The van der Waals surface area contributed by atoms with E-state index in [0.29, 0.717) is 0 Å². The van der Waals surface area contributed by atoms with E-state index in [4.69, 9.17) is 40.2 Å². The summed E-state index contributed by atoms with van der Waals surface area (Å²) in [5.74, 6) is 0. The molecule has 0 aliphatic rings. The number of benzene rings is 1. The summed E-state index contributed by atoms with van der Waals surface area (Å²) in [7, 11) is -10.7. The van der Waals surface area contributed by atoms with Crippen LogP contribution in [0.5, 0.6) is 0 Å². The Labute approximate surface area is 146 Å². The average Bonchev–Trinajstić information content (AvgIpc) is 2.45. The van der Waals surface area contributed by atoms with E-state index in [1.165, 1.54) is 10.8 Å². The first-order valence-corrected chi connectivity index (χ1v) is 6.19. The first kappa shape index (κ1) is 29.1. The van der Waals surface area contributed by atoms with Crippen LogP contribution in [-0.4, -0.2) is 74.8 Å². The molecule has 0 spiro atoms. The molecule has 8 N–H and O–H groups in total. The number of hydrogen-bond acceptors (Lipinski definition) is 9. The summed E-state index contributed by atoms with van der Waals surface area (Å²) in [5, 5.41) is 58.0. The quantitative estimate of drug-likeness (QED) is 0.187. The van der Waals surface area contributed by atoms with E-state index in [1.807, 2.05) is 30.6 Å². The van der Waals surface area contributed by atoms with Crippen LogP contribution in [0.3, 0.4) is 0 Å². The molecule has 2 rings (SSSR count). The van der Waals surface area contributed by atoms with Crippen LogP contribution in [0.15, 0.2) is 42.7 Å². The second-order valence-corrected chi connectivity index (χ2v) is 3.47. The van der Waals surface area contributed by atoms with Crippen molar-refractivity contribution in [2.45, 2.75) is 0 Å². The molecule has 0 fully saturated rings. The second kappa shape index (κ2) is 19.6. The molecule has 2 aromatic rings. The minimum absolute atomic E-state index is 1.20. The minimum atomic E-state index is -2.67. The lowest BCUT2D eigenvalue weighted by Gasteiger charge is -1.91. The number of hydrogen-bond donors (Lipinski definition) is 8. The summed E-state index contributed by atoms with van der Waals surface area (Å²) >= 11 is 0. The van der Waals surface area contributed by atoms with Crippen molar-refractivity contribution < 1.29 is 57.5 Å². The van der Waals surface area contributed by atoms with Gasteiger partial charge in [0.1, 0.15) is 0 Å². The molecule has 0 unspecified atom stereocenters. The molecular formula is C9H15B4F4NO8. The number of rotatable bonds is 0. The highest BCUT2D eigenvalue weighted by Crippen LogP contribution is 2.09. The molecule has 0 aliphatic carbocycles. The fourth-order valence-electron chi connectivity index (χ4n) is 1.03. The van der Waals surface area contributed by atoms with Gasteiger partial charge in [-0.1, -0.05) is 24.3 Å². The monoisotopic (exact) mass is 385 g/mol. The van der Waals surface area contributed by atoms with Crippen molar-refractivity contribution in [3.8, 4) is 0 Å². The van der Waals surface area contributed by atoms with Gasteiger partial charge in [0.25, 0.3) is 0 Å². The van der Waals surface area contributed by atoms with Gasteiger partial charge in [0.15, 0.2) is 0 Å². The van der Waals surface area contributed by atoms with Crippen LogP contribution < -0.4 is 0 Å². The predicted octanol–water partition coefficient (Wildman–Crippen LogP) is -2.06. The summed E-state index contributed by atoms with van der Waals surface area (Å²) < 4.78 is 40.4. The van der Waals surface area contributed by atoms with Gasteiger partial charge in [-0.15, -0.1) is 0 Å². The van der Waals surface area contributed by atoms with Crippen molar-refractivity contribution in [1.29, 1.82) is 0 Å². The Morgan fingerprint density at radius 2 is 0.885 bits per heavy atom. The summed E-state index contributed by atoms with van der Waals surface area (Å²) in [6.45, 7) is 0. The van der Waals surface area contributed by atoms with Crippen molar-refractivity contribution >= 4 is 40.4 Å². The van der Waals surface area contributed by atoms with Crippen LogP contribution in [0.4, 0.5) is 17.3 Å². The normalized spacial score (nSPS) is 8.00. The highest BCUT2D eigenvalue weighted by Gasteiger charge is 1.98. The van der Waals surface area contributed by atoms with Gasteiger partial charge in [0.05, 0.1) is 0 Å². The van der Waals surface area contributed by atoms with Crippen LogP contribution in [-0.2, 0) is 0 Å². The van der Waals surface area contributed by atoms with E-state index in [9.17, 15) is 17.3 Å². The molecule has 0 aliphatic heterocycles. The van der Waals surface area contributed by atoms with Crippen molar-refractivity contribution in [3.63, 3.8) is 0 Å². The van der Waals surface area contributed by atoms with E-state index >= 15 is 0 Å². The van der Waals surface area contributed by atoms with Gasteiger partial charge in [-0.3, -0.25) is 22.2 Å². The highest BCUT2D eigenvalue weighted by atomic mass is 19.1. The maximum Gasteiger partial charge on any atom is 0.674 e. The molecule has 17 heteroatoms. The molecular weight excluding hydrogens is 369 g/mol. The molecule has 9 nitrogen and oxygen atoms in total. The van der Waals surface area contributed by atoms with Crippen molar-refractivity contribution in [3.05, 3.63) is 42.7 Å². The Balaban J connectivity index is -0.000000284. The Morgan fingerprint density at radius 1 is 0.577 bits per heavy atom. The predicted molar refractivity (Wildman–Crippen MR) is 86.9 cm³/mol. The van der Waals surface area contributed by atoms with Gasteiger partial charge in [-0.25, -0.2) is 0 Å². The van der Waals surface area contributed by atoms with Gasteiger partial charge in [-0.05, 0) is 16.8 Å². The Hall–Kier alpha value is -1.71. The largest absolute Gasteiger partial charge is 0.674 e. The van der Waals surface area contributed by atoms with Gasteiger partial charge in [0.2, 0.25) is 0 Å². The number of fused-ring (bicyclic) bond motifs is 1. The third-order valence-corrected chi connectivity index (χ3v) is 1.55. The number of aromatic nitrogens is 1. The lowest BCUT2D eigenvalue weighted by atomic mass is 10.2. The molecule has 1 aromatic heterocycles. The SMILES string of the molecule is OB(O)F.OB(O)F.OB(O)F.OB(O)F.c1ccc2cnccc2c1. The van der Waals surface area contributed by atoms with E-state index in [1.54, 1.807) is 0 Å². The summed E-state index contributed by atoms with van der Waals surface area (Å²) in [4.78, 5) is 4.01. The molecule has 0 bridgehead atoms. The van der Waals surface area contributed by atoms with Gasteiger partial charge in [-0.2, -0.15) is 0 Å². The second-order valence-electron chi connectivity index (χ2n) is 3.47. The third-order valence-electron chi connectivity index (χ3n) is 1.55. The Bertz CT molecular complexity index is 445. The first-order valence-electron chi connectivity index (χ1n) is 6.19. The van der Waals surface area contributed by atoms with Crippen LogP contribution in [0, 0.1) is 0 Å². The van der Waals surface area contributed by atoms with Crippen molar-refractivity contribution in [1.82, 2.24) is 4.98 Å². The zero-order chi connectivity index (χ0) is 21.1. The zero-order valence-corrected chi connectivity index (χ0v) is 12.9. The molecule has 0 saturated heterocycles. The molecule has 0 atom stereocenters. The fraction of sp³-hybridized carbons (Fsp3) is 0. The molecule has 0 radical (unpaired) electrons. The number of nitrogens with zero attached hydrogens (tertiary/aromatic N) is 1. The summed E-state index contributed by atoms with van der Waals surface area (Å²) in [6.07, 6.45) is 3.68. The molecule has 0 amide bonds. The lowest BCUT2D eigenvalue weighted by Crippen LogP contribution is -1.98. The summed E-state index contributed by atoms with van der Waals surface area (Å²) in [5.41, 5.74) is 0. The lowest BCUT2D eigenvalue weighted by molar-refractivity contribution is 0.338. The number of halogens is 4. The van der Waals surface area contributed by atoms with Gasteiger partial charge in [0, 0.05) is 12.4 Å². The highest BCUT2D eigenvalue weighted by molar-refractivity contribution is 6.32. The zero-order valence-electron chi connectivity index (χ0n) is 12.9. The smallest absolute Gasteiger partial charge is 0.398 e. The van der Waals surface area contributed by atoms with Crippen molar-refractivity contribution in [2.75, 3.05) is 0 Å². The first-order chi connectivity index (χ1) is 11.9. The van der Waals surface area contributed by atoms with E-state index in [-0.39, 0.29) is 0 Å². The molecule has 144 valence electrons. The van der Waals surface area contributed by atoms with E-state index < -0.39 is 29.6 Å².